The van der Waals surface area contributed by atoms with Crippen molar-refractivity contribution in [3.63, 3.8) is 0 Å². The van der Waals surface area contributed by atoms with Gasteiger partial charge < -0.3 is 10.8 Å². The summed E-state index contributed by atoms with van der Waals surface area (Å²) in [6.45, 7) is 1.93. The Kier molecular flexibility index (Phi) is 2.16. The smallest absolute Gasteiger partial charge is 0.123 e. The summed E-state index contributed by atoms with van der Waals surface area (Å²) in [5.41, 5.74) is 6.96. The summed E-state index contributed by atoms with van der Waals surface area (Å²) in [4.78, 5) is 0. The van der Waals surface area contributed by atoms with E-state index < -0.39 is 0 Å². The van der Waals surface area contributed by atoms with Crippen LogP contribution in [0.4, 0.5) is 0 Å². The van der Waals surface area contributed by atoms with E-state index in [-0.39, 0.29) is 5.75 Å². The molecule has 0 unspecified atom stereocenters. The first-order chi connectivity index (χ1) is 5.24. The first-order valence-electron chi connectivity index (χ1n) is 3.42. The van der Waals surface area contributed by atoms with Gasteiger partial charge in [-0.15, -0.1) is 0 Å². The lowest BCUT2D eigenvalue weighted by atomic mass is 10.1. The van der Waals surface area contributed by atoms with Crippen LogP contribution in [0, 0.1) is 6.92 Å². The third-order valence-corrected chi connectivity index (χ3v) is 1.46. The molecule has 0 heterocycles. The number of aryl methyl sites for hydroxylation is 1. The van der Waals surface area contributed by atoms with Crippen LogP contribution in [0.25, 0.3) is 6.08 Å². The van der Waals surface area contributed by atoms with E-state index in [1.54, 1.807) is 12.1 Å². The molecule has 0 amide bonds. The number of phenolic OH excluding ortho intramolecular Hbond substituents is 1. The van der Waals surface area contributed by atoms with Crippen LogP contribution in [0.5, 0.6) is 5.75 Å². The van der Waals surface area contributed by atoms with Crippen LogP contribution >= 0.6 is 0 Å². The minimum Gasteiger partial charge on any atom is -0.507 e. The molecule has 0 saturated heterocycles. The molecule has 0 aliphatic carbocycles. The molecule has 0 atom stereocenters. The number of hydrogen-bond acceptors (Lipinski definition) is 2. The first-order valence-corrected chi connectivity index (χ1v) is 3.42. The third kappa shape index (κ3) is 1.74. The minimum atomic E-state index is 0.270. The van der Waals surface area contributed by atoms with Crippen molar-refractivity contribution in [2.24, 2.45) is 5.73 Å². The standard InChI is InChI=1S/C9H11NO/c1-7-2-3-8(4-5-10)9(11)6-7/h2-6,11H,10H2,1H3/b5-4+. The number of rotatable bonds is 1. The zero-order valence-electron chi connectivity index (χ0n) is 6.41. The molecule has 3 N–H and O–H groups in total. The van der Waals surface area contributed by atoms with Gasteiger partial charge in [0.1, 0.15) is 5.75 Å². The molecule has 2 nitrogen and oxygen atoms in total. The van der Waals surface area contributed by atoms with Crippen LogP contribution in [0.15, 0.2) is 24.4 Å². The fourth-order valence-corrected chi connectivity index (χ4v) is 0.898. The molecule has 0 aromatic heterocycles. The topological polar surface area (TPSA) is 46.2 Å². The van der Waals surface area contributed by atoms with Gasteiger partial charge in [0.15, 0.2) is 0 Å². The summed E-state index contributed by atoms with van der Waals surface area (Å²) in [6.07, 6.45) is 3.07. The summed E-state index contributed by atoms with van der Waals surface area (Å²) in [7, 11) is 0. The van der Waals surface area contributed by atoms with Gasteiger partial charge >= 0.3 is 0 Å². The Labute approximate surface area is 66.0 Å². The number of nitrogens with two attached hydrogens (primary N) is 1. The van der Waals surface area contributed by atoms with Crippen molar-refractivity contribution in [2.45, 2.75) is 6.92 Å². The monoisotopic (exact) mass is 149 g/mol. The van der Waals surface area contributed by atoms with Crippen LogP contribution < -0.4 is 5.73 Å². The maximum absolute atomic E-state index is 9.32. The predicted octanol–water partition coefficient (Wildman–Crippen LogP) is 1.63. The Bertz CT molecular complexity index is 279. The highest BCUT2D eigenvalue weighted by Gasteiger charge is 1.95. The fourth-order valence-electron chi connectivity index (χ4n) is 0.898. The summed E-state index contributed by atoms with van der Waals surface area (Å²) >= 11 is 0. The SMILES string of the molecule is Cc1ccc(/C=C/N)c(O)c1. The summed E-state index contributed by atoms with van der Waals surface area (Å²) in [5.74, 6) is 0.270. The van der Waals surface area contributed by atoms with Gasteiger partial charge in [0, 0.05) is 5.56 Å². The molecule has 0 aliphatic rings. The van der Waals surface area contributed by atoms with E-state index in [1.807, 2.05) is 19.1 Å². The molecule has 1 aromatic rings. The molecule has 0 spiro atoms. The van der Waals surface area contributed by atoms with Crippen molar-refractivity contribution in [3.05, 3.63) is 35.5 Å². The van der Waals surface area contributed by atoms with Gasteiger partial charge in [-0.1, -0.05) is 12.1 Å². The van der Waals surface area contributed by atoms with Gasteiger partial charge in [0.25, 0.3) is 0 Å². The summed E-state index contributed by atoms with van der Waals surface area (Å²) in [6, 6.07) is 5.46. The highest BCUT2D eigenvalue weighted by atomic mass is 16.3. The molecular weight excluding hydrogens is 138 g/mol. The van der Waals surface area contributed by atoms with Gasteiger partial charge in [0.2, 0.25) is 0 Å². The van der Waals surface area contributed by atoms with Gasteiger partial charge in [-0.2, -0.15) is 0 Å². The lowest BCUT2D eigenvalue weighted by Crippen LogP contribution is -1.80. The fraction of sp³-hybridized carbons (Fsp3) is 0.111. The Balaban J connectivity index is 3.09. The van der Waals surface area contributed by atoms with E-state index in [1.165, 1.54) is 6.20 Å². The van der Waals surface area contributed by atoms with Crippen molar-refractivity contribution < 1.29 is 5.11 Å². The number of aromatic hydroxyl groups is 1. The van der Waals surface area contributed by atoms with E-state index in [9.17, 15) is 5.11 Å². The molecule has 0 aliphatic heterocycles. The largest absolute Gasteiger partial charge is 0.507 e. The minimum absolute atomic E-state index is 0.270. The lowest BCUT2D eigenvalue weighted by molar-refractivity contribution is 0.473. The van der Waals surface area contributed by atoms with Crippen molar-refractivity contribution >= 4 is 6.08 Å². The summed E-state index contributed by atoms with van der Waals surface area (Å²) < 4.78 is 0. The quantitative estimate of drug-likeness (QED) is 0.637. The van der Waals surface area contributed by atoms with E-state index in [0.29, 0.717) is 0 Å². The van der Waals surface area contributed by atoms with Crippen molar-refractivity contribution in [1.29, 1.82) is 0 Å². The van der Waals surface area contributed by atoms with Crippen molar-refractivity contribution in [1.82, 2.24) is 0 Å². The highest BCUT2D eigenvalue weighted by molar-refractivity contribution is 5.57. The van der Waals surface area contributed by atoms with Gasteiger partial charge in [-0.25, -0.2) is 0 Å². The van der Waals surface area contributed by atoms with Crippen molar-refractivity contribution in [2.75, 3.05) is 0 Å². The molecule has 0 radical (unpaired) electrons. The second-order valence-electron chi connectivity index (χ2n) is 2.42. The van der Waals surface area contributed by atoms with Crippen LogP contribution in [-0.4, -0.2) is 5.11 Å². The predicted molar refractivity (Wildman–Crippen MR) is 46.1 cm³/mol. The molecule has 1 rings (SSSR count). The van der Waals surface area contributed by atoms with Crippen LogP contribution in [0.1, 0.15) is 11.1 Å². The zero-order chi connectivity index (χ0) is 8.27. The maximum Gasteiger partial charge on any atom is 0.123 e. The van der Waals surface area contributed by atoms with Gasteiger partial charge in [0.05, 0.1) is 0 Å². The van der Waals surface area contributed by atoms with E-state index in [2.05, 4.69) is 0 Å². The Morgan fingerprint density at radius 3 is 2.73 bits per heavy atom. The van der Waals surface area contributed by atoms with Crippen LogP contribution in [0.2, 0.25) is 0 Å². The molecule has 2 heteroatoms. The van der Waals surface area contributed by atoms with Gasteiger partial charge in [-0.3, -0.25) is 0 Å². The number of phenols is 1. The van der Waals surface area contributed by atoms with E-state index in [0.717, 1.165) is 11.1 Å². The van der Waals surface area contributed by atoms with E-state index in [4.69, 9.17) is 5.73 Å². The number of benzene rings is 1. The first kappa shape index (κ1) is 7.66. The normalized spacial score (nSPS) is 10.6. The second kappa shape index (κ2) is 3.10. The molecule has 0 saturated carbocycles. The molecule has 0 bridgehead atoms. The Hall–Kier alpha value is -1.44. The highest BCUT2D eigenvalue weighted by Crippen LogP contribution is 2.18. The molecule has 1 aromatic carbocycles. The Morgan fingerprint density at radius 2 is 2.18 bits per heavy atom. The second-order valence-corrected chi connectivity index (χ2v) is 2.42. The van der Waals surface area contributed by atoms with Gasteiger partial charge in [-0.05, 0) is 30.8 Å². The van der Waals surface area contributed by atoms with Crippen LogP contribution in [-0.2, 0) is 0 Å². The van der Waals surface area contributed by atoms with Crippen molar-refractivity contribution in [3.8, 4) is 5.75 Å². The lowest BCUT2D eigenvalue weighted by Gasteiger charge is -1.98. The summed E-state index contributed by atoms with van der Waals surface area (Å²) in [5, 5.41) is 9.32. The molecule has 11 heavy (non-hydrogen) atoms. The molecular formula is C9H11NO. The number of hydrogen-bond donors (Lipinski definition) is 2. The zero-order valence-corrected chi connectivity index (χ0v) is 6.41. The van der Waals surface area contributed by atoms with E-state index >= 15 is 0 Å². The Morgan fingerprint density at radius 1 is 1.45 bits per heavy atom. The average Bonchev–Trinajstić information content (AvgIpc) is 1.95. The third-order valence-electron chi connectivity index (χ3n) is 1.46. The molecule has 0 fully saturated rings. The maximum atomic E-state index is 9.32. The average molecular weight is 149 g/mol. The van der Waals surface area contributed by atoms with Crippen LogP contribution in [0.3, 0.4) is 0 Å². The molecule has 58 valence electrons.